The molecule has 1 aliphatic rings. The maximum atomic E-state index is 13.6. The summed E-state index contributed by atoms with van der Waals surface area (Å²) in [6, 6.07) is 1.15. The molecule has 16 heavy (non-hydrogen) atoms. The van der Waals surface area contributed by atoms with Crippen LogP contribution in [-0.4, -0.2) is 33.5 Å². The third kappa shape index (κ3) is 1.91. The first-order valence-corrected chi connectivity index (χ1v) is 4.77. The maximum Gasteiger partial charge on any atom is 0.330 e. The summed E-state index contributed by atoms with van der Waals surface area (Å²) in [4.78, 5) is 24.2. The van der Waals surface area contributed by atoms with Gasteiger partial charge < -0.3 is 9.84 Å². The van der Waals surface area contributed by atoms with Crippen molar-refractivity contribution in [1.29, 1.82) is 0 Å². The number of halogens is 1. The monoisotopic (exact) mass is 230 g/mol. The van der Waals surface area contributed by atoms with Crippen molar-refractivity contribution < 1.29 is 14.2 Å². The van der Waals surface area contributed by atoms with Crippen LogP contribution in [0.1, 0.15) is 12.6 Å². The zero-order valence-corrected chi connectivity index (χ0v) is 8.35. The number of aromatic nitrogens is 2. The van der Waals surface area contributed by atoms with Crippen molar-refractivity contribution >= 4 is 0 Å². The molecular formula is C9H11FN2O4. The van der Waals surface area contributed by atoms with Crippen LogP contribution in [0.25, 0.3) is 0 Å². The van der Waals surface area contributed by atoms with Gasteiger partial charge in [-0.3, -0.25) is 14.3 Å². The summed E-state index contributed by atoms with van der Waals surface area (Å²) in [7, 11) is 0. The van der Waals surface area contributed by atoms with Crippen LogP contribution in [0, 0.1) is 0 Å². The predicted octanol–water partition coefficient (Wildman–Crippen LogP) is -0.844. The Labute approximate surface area is 89.3 Å². The molecule has 0 unspecified atom stereocenters. The number of alkyl halides is 1. The summed E-state index contributed by atoms with van der Waals surface area (Å²) in [5.74, 6) is 0. The third-order valence-corrected chi connectivity index (χ3v) is 2.52. The molecule has 0 aliphatic carbocycles. The second-order valence-electron chi connectivity index (χ2n) is 3.80. The Morgan fingerprint density at radius 1 is 1.69 bits per heavy atom. The van der Waals surface area contributed by atoms with Gasteiger partial charge in [0.2, 0.25) is 0 Å². The van der Waals surface area contributed by atoms with Gasteiger partial charge in [-0.25, -0.2) is 9.18 Å². The van der Waals surface area contributed by atoms with E-state index in [2.05, 4.69) is 0 Å². The molecular weight excluding hydrogens is 219 g/mol. The summed E-state index contributed by atoms with van der Waals surface area (Å²) < 4.78 is 19.8. The Morgan fingerprint density at radius 3 is 3.00 bits per heavy atom. The summed E-state index contributed by atoms with van der Waals surface area (Å²) in [5.41, 5.74) is -2.99. The Balaban J connectivity index is 2.27. The minimum atomic E-state index is -1.82. The topological polar surface area (TPSA) is 84.3 Å². The van der Waals surface area contributed by atoms with E-state index in [0.29, 0.717) is 0 Å². The lowest BCUT2D eigenvalue weighted by molar-refractivity contribution is 0.0273. The van der Waals surface area contributed by atoms with Crippen LogP contribution in [0.3, 0.4) is 0 Å². The zero-order chi connectivity index (χ0) is 11.8. The second kappa shape index (κ2) is 3.84. The Kier molecular flexibility index (Phi) is 2.64. The lowest BCUT2D eigenvalue weighted by Gasteiger charge is -2.14. The molecule has 1 aromatic heterocycles. The molecule has 2 heterocycles. The average molecular weight is 230 g/mol. The van der Waals surface area contributed by atoms with Gasteiger partial charge in [0.25, 0.3) is 5.56 Å². The van der Waals surface area contributed by atoms with Gasteiger partial charge in [0.15, 0.2) is 5.67 Å². The highest BCUT2D eigenvalue weighted by Gasteiger charge is 2.41. The molecule has 2 rings (SSSR count). The van der Waals surface area contributed by atoms with Crippen molar-refractivity contribution in [2.75, 3.05) is 13.2 Å². The van der Waals surface area contributed by atoms with Crippen LogP contribution < -0.4 is 11.2 Å². The average Bonchev–Trinajstić information content (AvgIpc) is 2.62. The van der Waals surface area contributed by atoms with E-state index >= 15 is 0 Å². The van der Waals surface area contributed by atoms with Gasteiger partial charge in [-0.1, -0.05) is 0 Å². The molecule has 2 N–H and O–H groups in total. The highest BCUT2D eigenvalue weighted by molar-refractivity contribution is 4.91. The summed E-state index contributed by atoms with van der Waals surface area (Å²) in [6.07, 6.45) is 0.339. The summed E-state index contributed by atoms with van der Waals surface area (Å²) >= 11 is 0. The smallest absolute Gasteiger partial charge is 0.330 e. The van der Waals surface area contributed by atoms with E-state index in [9.17, 15) is 14.0 Å². The summed E-state index contributed by atoms with van der Waals surface area (Å²) in [6.45, 7) is -0.915. The van der Waals surface area contributed by atoms with Crippen LogP contribution in [0.2, 0.25) is 0 Å². The lowest BCUT2D eigenvalue weighted by Crippen LogP contribution is -2.32. The molecule has 1 aromatic rings. The second-order valence-corrected chi connectivity index (χ2v) is 3.80. The molecule has 0 bridgehead atoms. The Hall–Kier alpha value is -1.47. The van der Waals surface area contributed by atoms with Crippen LogP contribution in [0.5, 0.6) is 0 Å². The number of ether oxygens (including phenoxy) is 1. The fourth-order valence-corrected chi connectivity index (χ4v) is 1.62. The number of hydrogen-bond donors (Lipinski definition) is 2. The maximum absolute atomic E-state index is 13.6. The minimum absolute atomic E-state index is 0.116. The number of nitrogens with one attached hydrogen (secondary N) is 1. The molecule has 1 saturated heterocycles. The van der Waals surface area contributed by atoms with Crippen molar-refractivity contribution in [2.24, 2.45) is 0 Å². The number of rotatable bonds is 2. The molecule has 0 amide bonds. The molecule has 7 heteroatoms. The standard InChI is InChI=1S/C9H11FN2O4/c10-9(4-13)3-7(16-5-9)12-2-1-6(14)11-8(12)15/h1-2,7,13H,3-5H2,(H,11,14,15)/t7-,9-/m1/s1. The summed E-state index contributed by atoms with van der Waals surface area (Å²) in [5, 5.41) is 8.80. The third-order valence-electron chi connectivity index (χ3n) is 2.52. The molecule has 0 radical (unpaired) electrons. The van der Waals surface area contributed by atoms with Gasteiger partial charge in [-0.2, -0.15) is 0 Å². The van der Waals surface area contributed by atoms with Gasteiger partial charge in [0, 0.05) is 18.7 Å². The number of aliphatic hydroxyl groups excluding tert-OH is 1. The Morgan fingerprint density at radius 2 is 2.44 bits per heavy atom. The molecule has 6 nitrogen and oxygen atoms in total. The van der Waals surface area contributed by atoms with E-state index in [4.69, 9.17) is 9.84 Å². The highest BCUT2D eigenvalue weighted by atomic mass is 19.1. The zero-order valence-electron chi connectivity index (χ0n) is 8.35. The number of H-pyrrole nitrogens is 1. The van der Waals surface area contributed by atoms with Crippen LogP contribution in [-0.2, 0) is 4.74 Å². The van der Waals surface area contributed by atoms with E-state index < -0.39 is 29.8 Å². The molecule has 0 saturated carbocycles. The fourth-order valence-electron chi connectivity index (χ4n) is 1.62. The molecule has 88 valence electrons. The molecule has 0 aromatic carbocycles. The highest BCUT2D eigenvalue weighted by Crippen LogP contribution is 2.32. The van der Waals surface area contributed by atoms with Crippen molar-refractivity contribution in [1.82, 2.24) is 9.55 Å². The van der Waals surface area contributed by atoms with Gasteiger partial charge in [-0.15, -0.1) is 0 Å². The van der Waals surface area contributed by atoms with Crippen molar-refractivity contribution in [3.8, 4) is 0 Å². The fraction of sp³-hybridized carbons (Fsp3) is 0.556. The normalized spacial score (nSPS) is 29.5. The first-order chi connectivity index (χ1) is 7.54. The van der Waals surface area contributed by atoms with E-state index in [1.165, 1.54) is 6.20 Å². The lowest BCUT2D eigenvalue weighted by atomic mass is 10.1. The number of nitrogens with zero attached hydrogens (tertiary/aromatic N) is 1. The van der Waals surface area contributed by atoms with Gasteiger partial charge >= 0.3 is 5.69 Å². The number of aromatic amines is 1. The van der Waals surface area contributed by atoms with Gasteiger partial charge in [0.1, 0.15) is 6.23 Å². The largest absolute Gasteiger partial charge is 0.393 e. The van der Waals surface area contributed by atoms with Crippen LogP contribution >= 0.6 is 0 Å². The van der Waals surface area contributed by atoms with Crippen LogP contribution in [0.4, 0.5) is 4.39 Å². The number of aliphatic hydroxyl groups is 1. The number of hydrogen-bond acceptors (Lipinski definition) is 4. The van der Waals surface area contributed by atoms with Gasteiger partial charge in [-0.05, 0) is 0 Å². The molecule has 2 atom stereocenters. The molecule has 0 spiro atoms. The quantitative estimate of drug-likeness (QED) is 0.693. The van der Waals surface area contributed by atoms with E-state index in [1.54, 1.807) is 0 Å². The molecule has 1 aliphatic heterocycles. The predicted molar refractivity (Wildman–Crippen MR) is 51.9 cm³/mol. The van der Waals surface area contributed by atoms with E-state index in [1.807, 2.05) is 4.98 Å². The Bertz CT molecular complexity index is 497. The van der Waals surface area contributed by atoms with Crippen molar-refractivity contribution in [2.45, 2.75) is 18.3 Å². The van der Waals surface area contributed by atoms with E-state index in [0.717, 1.165) is 10.6 Å². The first-order valence-electron chi connectivity index (χ1n) is 4.77. The first kappa shape index (κ1) is 11.0. The van der Waals surface area contributed by atoms with E-state index in [-0.39, 0.29) is 13.0 Å². The minimum Gasteiger partial charge on any atom is -0.393 e. The molecule has 1 fully saturated rings. The van der Waals surface area contributed by atoms with Crippen molar-refractivity contribution in [3.63, 3.8) is 0 Å². The SMILES string of the molecule is O=c1ccn([C@H]2C[C@@](F)(CO)CO2)c(=O)[nH]1. The van der Waals surface area contributed by atoms with Crippen LogP contribution in [0.15, 0.2) is 21.9 Å². The van der Waals surface area contributed by atoms with Crippen molar-refractivity contribution in [3.05, 3.63) is 33.1 Å². The van der Waals surface area contributed by atoms with Gasteiger partial charge in [0.05, 0.1) is 13.2 Å².